The van der Waals surface area contributed by atoms with Crippen molar-refractivity contribution in [2.24, 2.45) is 0 Å². The highest BCUT2D eigenvalue weighted by atomic mass is 32.2. The van der Waals surface area contributed by atoms with E-state index in [-0.39, 0.29) is 11.7 Å². The molecule has 6 heteroatoms. The van der Waals surface area contributed by atoms with Crippen molar-refractivity contribution in [3.63, 3.8) is 0 Å². The van der Waals surface area contributed by atoms with Crippen molar-refractivity contribution in [1.82, 2.24) is 5.32 Å². The number of carbonyl (C=O) groups excluding carboxylic acids is 2. The van der Waals surface area contributed by atoms with Crippen molar-refractivity contribution in [3.8, 4) is 0 Å². The Kier molecular flexibility index (Phi) is 5.88. The summed E-state index contributed by atoms with van der Waals surface area (Å²) in [6.45, 7) is 5.07. The van der Waals surface area contributed by atoms with Gasteiger partial charge in [0.2, 0.25) is 5.91 Å². The number of nitrogens with one attached hydrogen (secondary N) is 1. The third-order valence-electron chi connectivity index (χ3n) is 2.77. The molecule has 0 fully saturated rings. The van der Waals surface area contributed by atoms with E-state index < -0.39 is 22.8 Å². The summed E-state index contributed by atoms with van der Waals surface area (Å²) in [4.78, 5) is 23.4. The largest absolute Gasteiger partial charge is 0.467 e. The molecule has 1 rings (SSSR count). The van der Waals surface area contributed by atoms with E-state index in [2.05, 4.69) is 10.1 Å². The van der Waals surface area contributed by atoms with Crippen molar-refractivity contribution >= 4 is 22.7 Å². The van der Waals surface area contributed by atoms with Gasteiger partial charge in [-0.25, -0.2) is 4.79 Å². The standard InChI is InChI=1S/C14H19NO4S/c1-9-5-6-10(2)13(7-9)20(18)8-12(14(17)19-4)15-11(3)16/h5-7,12H,8H2,1-4H3,(H,15,16). The number of methoxy groups -OCH3 is 1. The lowest BCUT2D eigenvalue weighted by atomic mass is 10.2. The number of amides is 1. The van der Waals surface area contributed by atoms with Crippen LogP contribution in [-0.4, -0.2) is 35.0 Å². The molecule has 110 valence electrons. The average molecular weight is 297 g/mol. The van der Waals surface area contributed by atoms with Gasteiger partial charge in [-0.1, -0.05) is 12.1 Å². The molecule has 0 spiro atoms. The smallest absolute Gasteiger partial charge is 0.329 e. The van der Waals surface area contributed by atoms with Gasteiger partial charge < -0.3 is 10.1 Å². The predicted molar refractivity (Wildman–Crippen MR) is 76.8 cm³/mol. The Morgan fingerprint density at radius 2 is 2.00 bits per heavy atom. The van der Waals surface area contributed by atoms with Crippen molar-refractivity contribution in [2.45, 2.75) is 31.7 Å². The van der Waals surface area contributed by atoms with Crippen molar-refractivity contribution in [1.29, 1.82) is 0 Å². The first kappa shape index (κ1) is 16.4. The molecule has 1 amide bonds. The summed E-state index contributed by atoms with van der Waals surface area (Å²) in [5.41, 5.74) is 1.88. The maximum Gasteiger partial charge on any atom is 0.329 e. The van der Waals surface area contributed by atoms with Crippen LogP contribution in [-0.2, 0) is 25.1 Å². The van der Waals surface area contributed by atoms with Gasteiger partial charge in [-0.05, 0) is 31.0 Å². The number of hydrogen-bond donors (Lipinski definition) is 1. The molecule has 2 atom stereocenters. The quantitative estimate of drug-likeness (QED) is 0.826. The lowest BCUT2D eigenvalue weighted by molar-refractivity contribution is -0.144. The van der Waals surface area contributed by atoms with Crippen LogP contribution in [0.5, 0.6) is 0 Å². The first-order chi connectivity index (χ1) is 9.35. The van der Waals surface area contributed by atoms with Crippen LogP contribution >= 0.6 is 0 Å². The Morgan fingerprint density at radius 1 is 1.35 bits per heavy atom. The number of ether oxygens (including phenoxy) is 1. The molecule has 0 aliphatic rings. The Morgan fingerprint density at radius 3 is 2.55 bits per heavy atom. The number of hydrogen-bond acceptors (Lipinski definition) is 4. The van der Waals surface area contributed by atoms with E-state index in [0.29, 0.717) is 4.90 Å². The zero-order valence-corrected chi connectivity index (χ0v) is 12.9. The Bertz CT molecular complexity index is 542. The zero-order valence-electron chi connectivity index (χ0n) is 12.1. The van der Waals surface area contributed by atoms with Crippen LogP contribution in [0.3, 0.4) is 0 Å². The number of benzene rings is 1. The third-order valence-corrected chi connectivity index (χ3v) is 4.34. The van der Waals surface area contributed by atoms with Crippen LogP contribution in [0, 0.1) is 13.8 Å². The molecule has 1 N–H and O–H groups in total. The molecule has 0 aromatic heterocycles. The monoisotopic (exact) mass is 297 g/mol. The number of carbonyl (C=O) groups is 2. The maximum atomic E-state index is 12.4. The van der Waals surface area contributed by atoms with Gasteiger partial charge in [0.25, 0.3) is 0 Å². The van der Waals surface area contributed by atoms with Gasteiger partial charge in [0.05, 0.1) is 23.7 Å². The van der Waals surface area contributed by atoms with Gasteiger partial charge in [-0.3, -0.25) is 9.00 Å². The minimum absolute atomic E-state index is 0.00343. The van der Waals surface area contributed by atoms with Gasteiger partial charge >= 0.3 is 5.97 Å². The van der Waals surface area contributed by atoms with Crippen molar-refractivity contribution < 1.29 is 18.5 Å². The molecule has 0 saturated heterocycles. The van der Waals surface area contributed by atoms with E-state index >= 15 is 0 Å². The average Bonchev–Trinajstić information content (AvgIpc) is 2.39. The molecule has 1 aromatic carbocycles. The summed E-state index contributed by atoms with van der Waals surface area (Å²) in [7, 11) is -0.155. The fourth-order valence-electron chi connectivity index (χ4n) is 1.75. The molecule has 0 radical (unpaired) electrons. The topological polar surface area (TPSA) is 72.5 Å². The second kappa shape index (κ2) is 7.19. The van der Waals surface area contributed by atoms with Crippen LogP contribution in [0.2, 0.25) is 0 Å². The highest BCUT2D eigenvalue weighted by Crippen LogP contribution is 2.16. The van der Waals surface area contributed by atoms with Crippen molar-refractivity contribution in [3.05, 3.63) is 29.3 Å². The van der Waals surface area contributed by atoms with E-state index in [9.17, 15) is 13.8 Å². The molecule has 0 aliphatic carbocycles. The third kappa shape index (κ3) is 4.45. The van der Waals surface area contributed by atoms with Crippen LogP contribution in [0.1, 0.15) is 18.1 Å². The molecular weight excluding hydrogens is 278 g/mol. The summed E-state index contributed by atoms with van der Waals surface area (Å²) in [6.07, 6.45) is 0. The number of rotatable bonds is 5. The van der Waals surface area contributed by atoms with Crippen LogP contribution in [0.15, 0.2) is 23.1 Å². The van der Waals surface area contributed by atoms with Crippen LogP contribution in [0.4, 0.5) is 0 Å². The molecule has 20 heavy (non-hydrogen) atoms. The summed E-state index contributed by atoms with van der Waals surface area (Å²) in [5.74, 6) is -0.964. The zero-order chi connectivity index (χ0) is 15.3. The minimum atomic E-state index is -1.39. The highest BCUT2D eigenvalue weighted by Gasteiger charge is 2.24. The highest BCUT2D eigenvalue weighted by molar-refractivity contribution is 7.85. The fourth-order valence-corrected chi connectivity index (χ4v) is 3.20. The van der Waals surface area contributed by atoms with Crippen molar-refractivity contribution in [2.75, 3.05) is 12.9 Å². The molecule has 5 nitrogen and oxygen atoms in total. The molecule has 0 saturated carbocycles. The Labute approximate surface area is 121 Å². The van der Waals surface area contributed by atoms with Gasteiger partial charge in [-0.2, -0.15) is 0 Å². The first-order valence-corrected chi connectivity index (χ1v) is 7.47. The van der Waals surface area contributed by atoms with E-state index in [4.69, 9.17) is 0 Å². The lowest BCUT2D eigenvalue weighted by Crippen LogP contribution is -2.44. The van der Waals surface area contributed by atoms with Gasteiger partial charge in [0, 0.05) is 11.8 Å². The Balaban J connectivity index is 2.92. The summed E-state index contributed by atoms with van der Waals surface area (Å²) >= 11 is 0. The molecule has 0 heterocycles. The maximum absolute atomic E-state index is 12.4. The van der Waals surface area contributed by atoms with Crippen LogP contribution < -0.4 is 5.32 Å². The SMILES string of the molecule is COC(=O)C(CS(=O)c1cc(C)ccc1C)NC(C)=O. The van der Waals surface area contributed by atoms with Crippen LogP contribution in [0.25, 0.3) is 0 Å². The van der Waals surface area contributed by atoms with Gasteiger partial charge in [0.1, 0.15) is 6.04 Å². The summed E-state index contributed by atoms with van der Waals surface area (Å²) < 4.78 is 17.0. The van der Waals surface area contributed by atoms with E-state index in [0.717, 1.165) is 11.1 Å². The predicted octanol–water partition coefficient (Wildman–Crippen LogP) is 1.09. The normalized spacial score (nSPS) is 13.4. The second-order valence-electron chi connectivity index (χ2n) is 4.56. The molecule has 2 unspecified atom stereocenters. The molecule has 1 aromatic rings. The fraction of sp³-hybridized carbons (Fsp3) is 0.429. The number of aryl methyl sites for hydroxylation is 2. The molecule has 0 bridgehead atoms. The molecular formula is C14H19NO4S. The molecule has 0 aliphatic heterocycles. The minimum Gasteiger partial charge on any atom is -0.467 e. The Hall–Kier alpha value is -1.69. The van der Waals surface area contributed by atoms with E-state index in [1.54, 1.807) is 0 Å². The van der Waals surface area contributed by atoms with Gasteiger partial charge in [-0.15, -0.1) is 0 Å². The lowest BCUT2D eigenvalue weighted by Gasteiger charge is -2.16. The first-order valence-electron chi connectivity index (χ1n) is 6.15. The van der Waals surface area contributed by atoms with E-state index in [1.807, 2.05) is 32.0 Å². The second-order valence-corrected chi connectivity index (χ2v) is 6.02. The van der Waals surface area contributed by atoms with Gasteiger partial charge in [0.15, 0.2) is 0 Å². The summed E-state index contributed by atoms with van der Waals surface area (Å²) in [6, 6.07) is 4.74. The van der Waals surface area contributed by atoms with E-state index in [1.165, 1.54) is 14.0 Å². The number of esters is 1. The summed E-state index contributed by atoms with van der Waals surface area (Å²) in [5, 5.41) is 2.46.